The first kappa shape index (κ1) is 14.9. The summed E-state index contributed by atoms with van der Waals surface area (Å²) in [5.74, 6) is -0.526. The third kappa shape index (κ3) is 3.17. The molecule has 2 aromatic rings. The Hall–Kier alpha value is -2.47. The first-order valence-corrected chi connectivity index (χ1v) is 6.57. The van der Waals surface area contributed by atoms with Gasteiger partial charge in [0.2, 0.25) is 0 Å². The highest BCUT2D eigenvalue weighted by Crippen LogP contribution is 2.13. The fraction of sp³-hybridized carbons (Fsp3) is 0.267. The molecule has 1 heterocycles. The Labute approximate surface area is 121 Å². The highest BCUT2D eigenvalue weighted by Gasteiger charge is 2.20. The molecule has 1 unspecified atom stereocenters. The van der Waals surface area contributed by atoms with Crippen molar-refractivity contribution in [1.29, 1.82) is 0 Å². The molecule has 0 fully saturated rings. The first-order chi connectivity index (χ1) is 10.0. The lowest BCUT2D eigenvalue weighted by Gasteiger charge is -2.17. The van der Waals surface area contributed by atoms with Gasteiger partial charge in [-0.3, -0.25) is 9.59 Å². The number of benzene rings is 1. The van der Waals surface area contributed by atoms with Crippen LogP contribution >= 0.6 is 0 Å². The molecule has 110 valence electrons. The lowest BCUT2D eigenvalue weighted by molar-refractivity contribution is 0.0913. The molecule has 0 aliphatic carbocycles. The van der Waals surface area contributed by atoms with E-state index >= 15 is 0 Å². The number of amides is 1. The van der Waals surface area contributed by atoms with Gasteiger partial charge in [0.15, 0.2) is 0 Å². The molecule has 0 aliphatic rings. The summed E-state index contributed by atoms with van der Waals surface area (Å²) in [5.41, 5.74) is 1.37. The highest BCUT2D eigenvalue weighted by atomic mass is 16.3. The van der Waals surface area contributed by atoms with Crippen molar-refractivity contribution in [3.8, 4) is 0 Å². The molecule has 0 saturated carbocycles. The summed E-state index contributed by atoms with van der Waals surface area (Å²) in [6.45, 7) is 3.13. The number of aromatic amines is 1. The van der Waals surface area contributed by atoms with Crippen LogP contribution in [0.5, 0.6) is 0 Å². The second kappa shape index (κ2) is 6.32. The summed E-state index contributed by atoms with van der Waals surface area (Å²) in [7, 11) is 0. The second-order valence-corrected chi connectivity index (χ2v) is 4.76. The number of hydrogen-bond acceptors (Lipinski definition) is 4. The van der Waals surface area contributed by atoms with E-state index in [-0.39, 0.29) is 12.2 Å². The minimum absolute atomic E-state index is 0.0249. The maximum Gasteiger partial charge on any atom is 0.277 e. The van der Waals surface area contributed by atoms with Crippen LogP contribution in [0.2, 0.25) is 0 Å². The standard InChI is InChI=1S/C15H17N3O3/c1-9-10(2)17-18-15(21)13(9)14(20)16-12(8-19)11-6-4-3-5-7-11/h3-7,12,19H,8H2,1-2H3,(H,16,20)(H,18,21). The Balaban J connectivity index is 2.29. The lowest BCUT2D eigenvalue weighted by atomic mass is 10.1. The minimum atomic E-state index is -0.564. The van der Waals surface area contributed by atoms with Gasteiger partial charge in [-0.1, -0.05) is 30.3 Å². The molecule has 6 heteroatoms. The smallest absolute Gasteiger partial charge is 0.277 e. The van der Waals surface area contributed by atoms with E-state index < -0.39 is 17.5 Å². The van der Waals surface area contributed by atoms with Gasteiger partial charge in [-0.25, -0.2) is 5.10 Å². The molecule has 21 heavy (non-hydrogen) atoms. The zero-order valence-corrected chi connectivity index (χ0v) is 11.9. The van der Waals surface area contributed by atoms with E-state index in [0.717, 1.165) is 5.56 Å². The summed E-state index contributed by atoms with van der Waals surface area (Å²) in [4.78, 5) is 24.1. The Bertz CT molecular complexity index is 695. The molecular weight excluding hydrogens is 270 g/mol. The Morgan fingerprint density at radius 1 is 1.33 bits per heavy atom. The lowest BCUT2D eigenvalue weighted by Crippen LogP contribution is -2.35. The number of carbonyl (C=O) groups is 1. The zero-order chi connectivity index (χ0) is 15.4. The van der Waals surface area contributed by atoms with Crippen molar-refractivity contribution in [2.75, 3.05) is 6.61 Å². The molecule has 1 aromatic heterocycles. The van der Waals surface area contributed by atoms with Crippen LogP contribution in [0, 0.1) is 13.8 Å². The maximum atomic E-state index is 12.3. The van der Waals surface area contributed by atoms with Gasteiger partial charge in [-0.15, -0.1) is 0 Å². The van der Waals surface area contributed by atoms with E-state index in [0.29, 0.717) is 11.3 Å². The van der Waals surface area contributed by atoms with Crippen LogP contribution in [-0.4, -0.2) is 27.8 Å². The molecule has 1 aromatic carbocycles. The number of hydrogen-bond donors (Lipinski definition) is 3. The number of aliphatic hydroxyl groups excluding tert-OH is 1. The van der Waals surface area contributed by atoms with Gasteiger partial charge in [-0.2, -0.15) is 5.10 Å². The molecule has 2 rings (SSSR count). The van der Waals surface area contributed by atoms with Crippen LogP contribution in [0.1, 0.15) is 33.2 Å². The van der Waals surface area contributed by atoms with E-state index in [9.17, 15) is 14.7 Å². The van der Waals surface area contributed by atoms with Gasteiger partial charge in [0.25, 0.3) is 11.5 Å². The fourth-order valence-corrected chi connectivity index (χ4v) is 2.05. The van der Waals surface area contributed by atoms with Crippen LogP contribution in [0.15, 0.2) is 35.1 Å². The molecule has 1 amide bonds. The van der Waals surface area contributed by atoms with Crippen molar-refractivity contribution in [2.45, 2.75) is 19.9 Å². The second-order valence-electron chi connectivity index (χ2n) is 4.76. The summed E-state index contributed by atoms with van der Waals surface area (Å²) < 4.78 is 0. The first-order valence-electron chi connectivity index (χ1n) is 6.57. The van der Waals surface area contributed by atoms with Gasteiger partial charge in [0, 0.05) is 0 Å². The number of aryl methyl sites for hydroxylation is 1. The van der Waals surface area contributed by atoms with E-state index in [1.807, 2.05) is 18.2 Å². The van der Waals surface area contributed by atoms with Crippen LogP contribution in [0.25, 0.3) is 0 Å². The molecule has 3 N–H and O–H groups in total. The molecular formula is C15H17N3O3. The Morgan fingerprint density at radius 2 is 2.00 bits per heavy atom. The van der Waals surface area contributed by atoms with Crippen LogP contribution < -0.4 is 10.9 Å². The largest absolute Gasteiger partial charge is 0.394 e. The molecule has 6 nitrogen and oxygen atoms in total. The zero-order valence-electron chi connectivity index (χ0n) is 11.9. The summed E-state index contributed by atoms with van der Waals surface area (Å²) in [6, 6.07) is 8.52. The predicted molar refractivity (Wildman–Crippen MR) is 78.1 cm³/mol. The average molecular weight is 287 g/mol. The third-order valence-corrected chi connectivity index (χ3v) is 3.39. The fourth-order valence-electron chi connectivity index (χ4n) is 2.05. The topological polar surface area (TPSA) is 95.1 Å². The third-order valence-electron chi connectivity index (χ3n) is 3.39. The molecule has 0 bridgehead atoms. The van der Waals surface area contributed by atoms with E-state index in [1.54, 1.807) is 26.0 Å². The van der Waals surface area contributed by atoms with Gasteiger partial charge in [-0.05, 0) is 25.0 Å². The normalized spacial score (nSPS) is 12.0. The van der Waals surface area contributed by atoms with Crippen LogP contribution in [0.4, 0.5) is 0 Å². The number of aromatic nitrogens is 2. The number of carbonyl (C=O) groups excluding carboxylic acids is 1. The predicted octanol–water partition coefficient (Wildman–Crippen LogP) is 0.850. The van der Waals surface area contributed by atoms with Crippen LogP contribution in [0.3, 0.4) is 0 Å². The number of nitrogens with one attached hydrogen (secondary N) is 2. The van der Waals surface area contributed by atoms with Gasteiger partial charge >= 0.3 is 0 Å². The van der Waals surface area contributed by atoms with Crippen molar-refractivity contribution in [3.63, 3.8) is 0 Å². The van der Waals surface area contributed by atoms with Gasteiger partial charge < -0.3 is 10.4 Å². The number of rotatable bonds is 4. The molecule has 0 spiro atoms. The van der Waals surface area contributed by atoms with Crippen molar-refractivity contribution in [3.05, 3.63) is 63.1 Å². The Morgan fingerprint density at radius 3 is 2.62 bits per heavy atom. The van der Waals surface area contributed by atoms with Crippen LogP contribution in [-0.2, 0) is 0 Å². The molecule has 0 aliphatic heterocycles. The van der Waals surface area contributed by atoms with Crippen molar-refractivity contribution in [1.82, 2.24) is 15.5 Å². The number of H-pyrrole nitrogens is 1. The van der Waals surface area contributed by atoms with Gasteiger partial charge in [0.05, 0.1) is 18.3 Å². The summed E-state index contributed by atoms with van der Waals surface area (Å²) >= 11 is 0. The molecule has 0 radical (unpaired) electrons. The highest BCUT2D eigenvalue weighted by molar-refractivity contribution is 5.95. The molecule has 0 saturated heterocycles. The molecule has 1 atom stereocenters. The van der Waals surface area contributed by atoms with Gasteiger partial charge in [0.1, 0.15) is 5.56 Å². The maximum absolute atomic E-state index is 12.3. The monoisotopic (exact) mass is 287 g/mol. The quantitative estimate of drug-likeness (QED) is 0.777. The number of nitrogens with zero attached hydrogens (tertiary/aromatic N) is 1. The Kier molecular flexibility index (Phi) is 4.49. The van der Waals surface area contributed by atoms with Crippen molar-refractivity contribution >= 4 is 5.91 Å². The SMILES string of the molecule is Cc1n[nH]c(=O)c(C(=O)NC(CO)c2ccccc2)c1C. The minimum Gasteiger partial charge on any atom is -0.394 e. The average Bonchev–Trinajstić information content (AvgIpc) is 2.50. The summed E-state index contributed by atoms with van der Waals surface area (Å²) in [5, 5.41) is 18.2. The van der Waals surface area contributed by atoms with Crippen molar-refractivity contribution in [2.24, 2.45) is 0 Å². The van der Waals surface area contributed by atoms with E-state index in [1.165, 1.54) is 0 Å². The number of aliphatic hydroxyl groups is 1. The van der Waals surface area contributed by atoms with E-state index in [2.05, 4.69) is 15.5 Å². The summed E-state index contributed by atoms with van der Waals surface area (Å²) in [6.07, 6.45) is 0. The van der Waals surface area contributed by atoms with Crippen molar-refractivity contribution < 1.29 is 9.90 Å². The van der Waals surface area contributed by atoms with E-state index in [4.69, 9.17) is 0 Å².